The summed E-state index contributed by atoms with van der Waals surface area (Å²) < 4.78 is 40.0. The standard InChI is InChI=1S/C13H8ClF3/c1-7-3-2-4-9(14)12(7)13-10(16)5-8(15)6-11(13)17/h2-6H,1H3. The Kier molecular flexibility index (Phi) is 3.11. The lowest BCUT2D eigenvalue weighted by Gasteiger charge is -2.10. The first kappa shape index (κ1) is 12.0. The third-order valence-electron chi connectivity index (χ3n) is 2.48. The highest BCUT2D eigenvalue weighted by molar-refractivity contribution is 6.33. The minimum atomic E-state index is -0.960. The Balaban J connectivity index is 2.77. The molecule has 0 heterocycles. The van der Waals surface area contributed by atoms with Gasteiger partial charge in [0, 0.05) is 22.7 Å². The van der Waals surface area contributed by atoms with Crippen molar-refractivity contribution < 1.29 is 13.2 Å². The third kappa shape index (κ3) is 2.15. The molecule has 0 aliphatic heterocycles. The maximum atomic E-state index is 13.6. The van der Waals surface area contributed by atoms with E-state index in [2.05, 4.69) is 0 Å². The molecule has 0 aliphatic carbocycles. The van der Waals surface area contributed by atoms with Gasteiger partial charge in [0.05, 0.1) is 5.56 Å². The zero-order valence-electron chi connectivity index (χ0n) is 8.90. The van der Waals surface area contributed by atoms with Gasteiger partial charge in [-0.2, -0.15) is 0 Å². The summed E-state index contributed by atoms with van der Waals surface area (Å²) in [6, 6.07) is 6.18. The van der Waals surface area contributed by atoms with Gasteiger partial charge in [-0.15, -0.1) is 0 Å². The van der Waals surface area contributed by atoms with Crippen molar-refractivity contribution in [2.45, 2.75) is 6.92 Å². The van der Waals surface area contributed by atoms with Crippen LogP contribution in [0.2, 0.25) is 5.02 Å². The van der Waals surface area contributed by atoms with Gasteiger partial charge >= 0.3 is 0 Å². The minimum Gasteiger partial charge on any atom is -0.207 e. The second-order valence-electron chi connectivity index (χ2n) is 3.68. The summed E-state index contributed by atoms with van der Waals surface area (Å²) in [5.41, 5.74) is 0.584. The van der Waals surface area contributed by atoms with Crippen molar-refractivity contribution >= 4 is 11.6 Å². The molecule has 0 radical (unpaired) electrons. The molecule has 0 aromatic heterocycles. The van der Waals surface area contributed by atoms with Crippen LogP contribution in [0, 0.1) is 24.4 Å². The largest absolute Gasteiger partial charge is 0.207 e. The lowest BCUT2D eigenvalue weighted by atomic mass is 9.99. The molecule has 2 aromatic carbocycles. The highest BCUT2D eigenvalue weighted by Gasteiger charge is 2.17. The van der Waals surface area contributed by atoms with E-state index in [-0.39, 0.29) is 16.1 Å². The van der Waals surface area contributed by atoms with Gasteiger partial charge in [-0.3, -0.25) is 0 Å². The van der Waals surface area contributed by atoms with Gasteiger partial charge in [0.15, 0.2) is 0 Å². The number of rotatable bonds is 1. The maximum absolute atomic E-state index is 13.6. The minimum absolute atomic E-state index is 0.231. The van der Waals surface area contributed by atoms with E-state index in [1.54, 1.807) is 19.1 Å². The van der Waals surface area contributed by atoms with Gasteiger partial charge in [-0.05, 0) is 18.6 Å². The van der Waals surface area contributed by atoms with E-state index in [0.717, 1.165) is 0 Å². The third-order valence-corrected chi connectivity index (χ3v) is 2.79. The van der Waals surface area contributed by atoms with Gasteiger partial charge in [-0.1, -0.05) is 23.7 Å². The number of benzene rings is 2. The summed E-state index contributed by atoms with van der Waals surface area (Å²) in [4.78, 5) is 0. The molecule has 2 rings (SSSR count). The summed E-state index contributed by atoms with van der Waals surface area (Å²) in [7, 11) is 0. The van der Waals surface area contributed by atoms with Crippen LogP contribution in [-0.4, -0.2) is 0 Å². The first-order valence-corrected chi connectivity index (χ1v) is 5.28. The van der Waals surface area contributed by atoms with Crippen molar-refractivity contribution in [2.75, 3.05) is 0 Å². The average Bonchev–Trinajstić information content (AvgIpc) is 2.21. The second-order valence-corrected chi connectivity index (χ2v) is 4.08. The predicted octanol–water partition coefficient (Wildman–Crippen LogP) is 4.73. The van der Waals surface area contributed by atoms with Gasteiger partial charge in [0.2, 0.25) is 0 Å². The van der Waals surface area contributed by atoms with Crippen molar-refractivity contribution in [3.63, 3.8) is 0 Å². The van der Waals surface area contributed by atoms with E-state index < -0.39 is 17.5 Å². The Morgan fingerprint density at radius 2 is 1.53 bits per heavy atom. The normalized spacial score (nSPS) is 10.6. The van der Waals surface area contributed by atoms with E-state index >= 15 is 0 Å². The van der Waals surface area contributed by atoms with Gasteiger partial charge < -0.3 is 0 Å². The number of halogens is 4. The SMILES string of the molecule is Cc1cccc(Cl)c1-c1c(F)cc(F)cc1F. The molecule has 0 fully saturated rings. The maximum Gasteiger partial charge on any atom is 0.136 e. The molecule has 0 saturated heterocycles. The predicted molar refractivity (Wildman–Crippen MR) is 61.5 cm³/mol. The summed E-state index contributed by atoms with van der Waals surface area (Å²) in [6.07, 6.45) is 0. The van der Waals surface area contributed by atoms with E-state index in [1.807, 2.05) is 0 Å². The first-order valence-electron chi connectivity index (χ1n) is 4.90. The fraction of sp³-hybridized carbons (Fsp3) is 0.0769. The molecule has 0 spiro atoms. The molecule has 4 heteroatoms. The summed E-state index contributed by atoms with van der Waals surface area (Å²) in [6.45, 7) is 1.68. The lowest BCUT2D eigenvalue weighted by Crippen LogP contribution is -1.95. The summed E-state index contributed by atoms with van der Waals surface area (Å²) in [5.74, 6) is -2.87. The van der Waals surface area contributed by atoms with Crippen LogP contribution in [0.15, 0.2) is 30.3 Å². The molecule has 0 amide bonds. The van der Waals surface area contributed by atoms with Crippen molar-refractivity contribution in [3.8, 4) is 11.1 Å². The van der Waals surface area contributed by atoms with Crippen LogP contribution < -0.4 is 0 Å². The fourth-order valence-corrected chi connectivity index (χ4v) is 2.05. The smallest absolute Gasteiger partial charge is 0.136 e. The zero-order chi connectivity index (χ0) is 12.6. The van der Waals surface area contributed by atoms with Crippen LogP contribution in [0.25, 0.3) is 11.1 Å². The molecule has 0 N–H and O–H groups in total. The highest BCUT2D eigenvalue weighted by atomic mass is 35.5. The van der Waals surface area contributed by atoms with Crippen LogP contribution in [-0.2, 0) is 0 Å². The molecular weight excluding hydrogens is 249 g/mol. The summed E-state index contributed by atoms with van der Waals surface area (Å²) in [5, 5.41) is 0.231. The van der Waals surface area contributed by atoms with Crippen LogP contribution in [0.1, 0.15) is 5.56 Å². The van der Waals surface area contributed by atoms with Crippen LogP contribution >= 0.6 is 11.6 Å². The molecular formula is C13H8ClF3. The van der Waals surface area contributed by atoms with Crippen molar-refractivity contribution in [3.05, 3.63) is 58.4 Å². The van der Waals surface area contributed by atoms with Gasteiger partial charge in [0.1, 0.15) is 17.5 Å². The fourth-order valence-electron chi connectivity index (χ4n) is 1.73. The molecule has 0 atom stereocenters. The van der Waals surface area contributed by atoms with E-state index in [9.17, 15) is 13.2 Å². The Hall–Kier alpha value is -1.48. The van der Waals surface area contributed by atoms with Crippen molar-refractivity contribution in [1.29, 1.82) is 0 Å². The highest BCUT2D eigenvalue weighted by Crippen LogP contribution is 2.34. The number of hydrogen-bond acceptors (Lipinski definition) is 0. The Morgan fingerprint density at radius 3 is 2.06 bits per heavy atom. The molecule has 2 aromatic rings. The summed E-state index contributed by atoms with van der Waals surface area (Å²) >= 11 is 5.92. The second kappa shape index (κ2) is 4.41. The molecule has 0 unspecified atom stereocenters. The number of hydrogen-bond donors (Lipinski definition) is 0. The van der Waals surface area contributed by atoms with E-state index in [4.69, 9.17) is 11.6 Å². The lowest BCUT2D eigenvalue weighted by molar-refractivity contribution is 0.548. The molecule has 88 valence electrons. The van der Waals surface area contributed by atoms with Crippen LogP contribution in [0.4, 0.5) is 13.2 Å². The van der Waals surface area contributed by atoms with Gasteiger partial charge in [-0.25, -0.2) is 13.2 Å². The molecule has 0 nitrogen and oxygen atoms in total. The monoisotopic (exact) mass is 256 g/mol. The molecule has 0 saturated carbocycles. The molecule has 0 aliphatic rings. The van der Waals surface area contributed by atoms with Crippen LogP contribution in [0.3, 0.4) is 0 Å². The van der Waals surface area contributed by atoms with E-state index in [0.29, 0.717) is 17.7 Å². The van der Waals surface area contributed by atoms with Gasteiger partial charge in [0.25, 0.3) is 0 Å². The average molecular weight is 257 g/mol. The molecule has 17 heavy (non-hydrogen) atoms. The number of aryl methyl sites for hydroxylation is 1. The van der Waals surface area contributed by atoms with Crippen LogP contribution in [0.5, 0.6) is 0 Å². The van der Waals surface area contributed by atoms with Crippen molar-refractivity contribution in [2.24, 2.45) is 0 Å². The Labute approximate surface area is 102 Å². The topological polar surface area (TPSA) is 0 Å². The van der Waals surface area contributed by atoms with Crippen molar-refractivity contribution in [1.82, 2.24) is 0 Å². The zero-order valence-corrected chi connectivity index (χ0v) is 9.65. The Morgan fingerprint density at radius 1 is 0.941 bits per heavy atom. The molecule has 0 bridgehead atoms. The van der Waals surface area contributed by atoms with E-state index in [1.165, 1.54) is 6.07 Å². The quantitative estimate of drug-likeness (QED) is 0.692. The first-order chi connectivity index (χ1) is 8.00. The Bertz CT molecular complexity index is 536.